The van der Waals surface area contributed by atoms with E-state index in [0.29, 0.717) is 12.3 Å². The van der Waals surface area contributed by atoms with Gasteiger partial charge in [-0.25, -0.2) is 0 Å². The maximum absolute atomic E-state index is 12.4. The van der Waals surface area contributed by atoms with Crippen LogP contribution in [0, 0.1) is 17.3 Å². The molecule has 3 nitrogen and oxygen atoms in total. The minimum absolute atomic E-state index is 0.0265. The number of hydrogen-bond acceptors (Lipinski definition) is 4. The van der Waals surface area contributed by atoms with Crippen molar-refractivity contribution < 1.29 is 4.79 Å². The summed E-state index contributed by atoms with van der Waals surface area (Å²) in [5.74, 6) is 6.89. The quantitative estimate of drug-likeness (QED) is 0.195. The van der Waals surface area contributed by atoms with E-state index in [1.807, 2.05) is 6.08 Å². The van der Waals surface area contributed by atoms with Crippen LogP contribution in [0.4, 0.5) is 0 Å². The van der Waals surface area contributed by atoms with Gasteiger partial charge in [0.1, 0.15) is 0 Å². The second-order valence-corrected chi connectivity index (χ2v) is 10.9. The van der Waals surface area contributed by atoms with E-state index in [4.69, 9.17) is 0 Å². The van der Waals surface area contributed by atoms with Crippen molar-refractivity contribution in [2.75, 3.05) is 31.9 Å². The smallest absolute Gasteiger partial charge is 0.230 e. The normalized spacial score (nSPS) is 11.5. The lowest BCUT2D eigenvalue weighted by atomic mass is 9.98. The number of benzene rings is 1. The monoisotopic (exact) mass is 482 g/mol. The molecule has 1 N–H and O–H groups in total. The number of amides is 1. The van der Waals surface area contributed by atoms with E-state index in [1.54, 1.807) is 23.1 Å². The van der Waals surface area contributed by atoms with Crippen LogP contribution >= 0.6 is 23.1 Å². The van der Waals surface area contributed by atoms with Crippen LogP contribution in [0.25, 0.3) is 11.1 Å². The minimum atomic E-state index is 0.0265. The fourth-order valence-corrected chi connectivity index (χ4v) is 4.60. The van der Waals surface area contributed by atoms with Gasteiger partial charge >= 0.3 is 0 Å². The van der Waals surface area contributed by atoms with Crippen molar-refractivity contribution in [1.29, 1.82) is 0 Å². The predicted octanol–water partition coefficient (Wildman–Crippen LogP) is 6.72. The highest BCUT2D eigenvalue weighted by atomic mass is 32.2. The van der Waals surface area contributed by atoms with Crippen LogP contribution in [-0.4, -0.2) is 42.7 Å². The van der Waals surface area contributed by atoms with Gasteiger partial charge in [-0.05, 0) is 79.9 Å². The molecule has 1 aromatic carbocycles. The first-order chi connectivity index (χ1) is 15.9. The molecule has 0 radical (unpaired) electrons. The first-order valence-corrected chi connectivity index (χ1v) is 13.7. The summed E-state index contributed by atoms with van der Waals surface area (Å²) in [5, 5.41) is 7.32. The fourth-order valence-electron chi connectivity index (χ4n) is 3.15. The van der Waals surface area contributed by atoms with E-state index in [0.717, 1.165) is 24.5 Å². The number of rotatable bonds is 13. The van der Waals surface area contributed by atoms with Crippen LogP contribution in [0.3, 0.4) is 0 Å². The molecule has 5 heteroatoms. The van der Waals surface area contributed by atoms with Crippen LogP contribution in [0.1, 0.15) is 47.0 Å². The van der Waals surface area contributed by atoms with Crippen LogP contribution in [-0.2, 0) is 4.79 Å². The zero-order valence-corrected chi connectivity index (χ0v) is 22.2. The molecule has 0 aliphatic heterocycles. The van der Waals surface area contributed by atoms with E-state index >= 15 is 0 Å². The highest BCUT2D eigenvalue weighted by molar-refractivity contribution is 8.00. The lowest BCUT2D eigenvalue weighted by Gasteiger charge is -2.20. The molecule has 0 saturated heterocycles. The summed E-state index contributed by atoms with van der Waals surface area (Å²) in [6, 6.07) is 10.5. The third-order valence-electron chi connectivity index (χ3n) is 4.90. The number of hydrogen-bond donors (Lipinski definition) is 1. The van der Waals surface area contributed by atoms with Gasteiger partial charge in [-0.15, -0.1) is 11.8 Å². The van der Waals surface area contributed by atoms with Crippen LogP contribution in [0.15, 0.2) is 58.1 Å². The lowest BCUT2D eigenvalue weighted by Crippen LogP contribution is -2.36. The molecule has 0 fully saturated rings. The van der Waals surface area contributed by atoms with E-state index in [2.05, 4.69) is 96.9 Å². The van der Waals surface area contributed by atoms with Crippen LogP contribution in [0.2, 0.25) is 0 Å². The third kappa shape index (κ3) is 12.1. The summed E-state index contributed by atoms with van der Waals surface area (Å²) < 4.78 is 0. The maximum Gasteiger partial charge on any atom is 0.230 e. The van der Waals surface area contributed by atoms with Crippen LogP contribution < -0.4 is 5.32 Å². The maximum atomic E-state index is 12.4. The first-order valence-electron chi connectivity index (χ1n) is 11.8. The SMILES string of the molecule is CCCCCN(C/C=C/C#CC(C)(C)C)CCNC(=O)CSc1cccc(-c2ccsc2)c1. The number of thiophene rings is 1. The molecule has 33 heavy (non-hydrogen) atoms. The molecular weight excluding hydrogens is 444 g/mol. The molecule has 0 aliphatic carbocycles. The summed E-state index contributed by atoms with van der Waals surface area (Å²) in [6.45, 7) is 12.0. The van der Waals surface area contributed by atoms with Gasteiger partial charge < -0.3 is 5.32 Å². The van der Waals surface area contributed by atoms with Crippen molar-refractivity contribution in [2.24, 2.45) is 5.41 Å². The average Bonchev–Trinajstić information content (AvgIpc) is 3.32. The third-order valence-corrected chi connectivity index (χ3v) is 6.58. The molecule has 0 saturated carbocycles. The number of carbonyl (C=O) groups is 1. The Balaban J connectivity index is 1.75. The summed E-state index contributed by atoms with van der Waals surface area (Å²) >= 11 is 3.29. The molecule has 1 amide bonds. The standard InChI is InChI=1S/C28H38N2OS2/c1-5-6-9-17-30(18-10-7-8-15-28(2,3)4)19-16-29-27(31)23-33-26-13-11-12-24(21-26)25-14-20-32-22-25/h7,10-14,20-22H,5-6,9,16-19,23H2,1-4H3,(H,29,31)/b10-7+. The van der Waals surface area contributed by atoms with E-state index < -0.39 is 0 Å². The molecule has 0 atom stereocenters. The Morgan fingerprint density at radius 3 is 2.76 bits per heavy atom. The molecule has 178 valence electrons. The predicted molar refractivity (Wildman–Crippen MR) is 146 cm³/mol. The number of unbranched alkanes of at least 4 members (excludes halogenated alkanes) is 2. The Hall–Kier alpha value is -2.00. The zero-order chi connectivity index (χ0) is 23.9. The number of allylic oxidation sites excluding steroid dienone is 1. The topological polar surface area (TPSA) is 32.3 Å². The van der Waals surface area contributed by atoms with Crippen molar-refractivity contribution in [3.63, 3.8) is 0 Å². The van der Waals surface area contributed by atoms with Gasteiger partial charge in [-0.3, -0.25) is 9.69 Å². The number of carbonyl (C=O) groups excluding carboxylic acids is 1. The highest BCUT2D eigenvalue weighted by Crippen LogP contribution is 2.27. The molecule has 0 spiro atoms. The van der Waals surface area contributed by atoms with Crippen molar-refractivity contribution >= 4 is 29.0 Å². The van der Waals surface area contributed by atoms with E-state index in [-0.39, 0.29) is 11.3 Å². The highest BCUT2D eigenvalue weighted by Gasteiger charge is 2.07. The number of nitrogens with one attached hydrogen (secondary N) is 1. The number of thioether (sulfide) groups is 1. The van der Waals surface area contributed by atoms with Gasteiger partial charge in [-0.1, -0.05) is 49.8 Å². The summed E-state index contributed by atoms with van der Waals surface area (Å²) in [7, 11) is 0. The molecule has 1 aromatic heterocycles. The second kappa shape index (κ2) is 15.0. The van der Waals surface area contributed by atoms with Gasteiger partial charge in [0.15, 0.2) is 0 Å². The van der Waals surface area contributed by atoms with Gasteiger partial charge in [0.25, 0.3) is 0 Å². The van der Waals surface area contributed by atoms with Crippen molar-refractivity contribution in [3.8, 4) is 23.0 Å². The van der Waals surface area contributed by atoms with Crippen molar-refractivity contribution in [1.82, 2.24) is 10.2 Å². The average molecular weight is 483 g/mol. The van der Waals surface area contributed by atoms with Gasteiger partial charge in [0, 0.05) is 29.9 Å². The minimum Gasteiger partial charge on any atom is -0.354 e. The Morgan fingerprint density at radius 2 is 2.03 bits per heavy atom. The molecule has 1 heterocycles. The molecule has 2 rings (SSSR count). The summed E-state index contributed by atoms with van der Waals surface area (Å²) in [6.07, 6.45) is 7.71. The van der Waals surface area contributed by atoms with Crippen LogP contribution in [0.5, 0.6) is 0 Å². The molecule has 0 unspecified atom stereocenters. The first kappa shape index (κ1) is 27.2. The second-order valence-electron chi connectivity index (χ2n) is 9.11. The lowest BCUT2D eigenvalue weighted by molar-refractivity contribution is -0.118. The van der Waals surface area contributed by atoms with E-state index in [1.165, 1.54) is 30.4 Å². The summed E-state index contributed by atoms with van der Waals surface area (Å²) in [4.78, 5) is 15.9. The number of nitrogens with zero attached hydrogens (tertiary/aromatic N) is 1. The van der Waals surface area contributed by atoms with Gasteiger partial charge in [0.05, 0.1) is 5.75 Å². The van der Waals surface area contributed by atoms with Gasteiger partial charge in [-0.2, -0.15) is 11.3 Å². The zero-order valence-electron chi connectivity index (χ0n) is 20.5. The molecular formula is C28H38N2OS2. The largest absolute Gasteiger partial charge is 0.354 e. The summed E-state index contributed by atoms with van der Waals surface area (Å²) in [5.41, 5.74) is 2.46. The van der Waals surface area contributed by atoms with E-state index in [9.17, 15) is 4.79 Å². The van der Waals surface area contributed by atoms with Crippen molar-refractivity contribution in [3.05, 3.63) is 53.2 Å². The molecule has 0 bridgehead atoms. The molecule has 2 aromatic rings. The van der Waals surface area contributed by atoms with Gasteiger partial charge in [0.2, 0.25) is 5.91 Å². The molecule has 0 aliphatic rings. The van der Waals surface area contributed by atoms with Crippen molar-refractivity contribution in [2.45, 2.75) is 51.9 Å². The fraction of sp³-hybridized carbons (Fsp3) is 0.464. The Kier molecular flexibility index (Phi) is 12.4. The Labute approximate surface area is 209 Å². The Morgan fingerprint density at radius 1 is 1.18 bits per heavy atom. The Bertz CT molecular complexity index is 917.